The molecular formula is C9H12N2O. The predicted octanol–water partition coefficient (Wildman–Crippen LogP) is 1.46. The topological polar surface area (TPSA) is 58.9 Å². The van der Waals surface area contributed by atoms with E-state index >= 15 is 0 Å². The maximum absolute atomic E-state index is 10.9. The number of allylic oxidation sites excluding steroid dienone is 1. The number of aryl methyl sites for hydroxylation is 1. The molecule has 1 rings (SSSR count). The number of rotatable bonds is 2. The van der Waals surface area contributed by atoms with Crippen LogP contribution in [0.15, 0.2) is 12.8 Å². The number of hydrogen-bond donors (Lipinski definition) is 2. The van der Waals surface area contributed by atoms with E-state index in [1.54, 1.807) is 6.20 Å². The van der Waals surface area contributed by atoms with E-state index < -0.39 is 5.91 Å². The van der Waals surface area contributed by atoms with Crippen molar-refractivity contribution in [3.63, 3.8) is 0 Å². The van der Waals surface area contributed by atoms with Crippen molar-refractivity contribution in [2.75, 3.05) is 0 Å². The van der Waals surface area contributed by atoms with E-state index in [2.05, 4.69) is 11.6 Å². The maximum Gasteiger partial charge on any atom is 0.250 e. The molecule has 0 spiro atoms. The van der Waals surface area contributed by atoms with Gasteiger partial charge in [-0.05, 0) is 19.4 Å². The Balaban J connectivity index is 3.31. The molecule has 0 atom stereocenters. The summed E-state index contributed by atoms with van der Waals surface area (Å²) in [4.78, 5) is 13.8. The third-order valence-electron chi connectivity index (χ3n) is 1.77. The highest BCUT2D eigenvalue weighted by molar-refractivity contribution is 5.98. The molecule has 0 radical (unpaired) electrons. The molecule has 3 heteroatoms. The van der Waals surface area contributed by atoms with Crippen molar-refractivity contribution in [2.24, 2.45) is 5.73 Å². The third kappa shape index (κ3) is 1.25. The van der Waals surface area contributed by atoms with Crippen LogP contribution in [0.3, 0.4) is 0 Å². The van der Waals surface area contributed by atoms with Crippen LogP contribution in [0.2, 0.25) is 0 Å². The number of nitrogens with one attached hydrogen (secondary N) is 1. The molecule has 12 heavy (non-hydrogen) atoms. The number of carbonyl (C=O) groups is 1. The fourth-order valence-electron chi connectivity index (χ4n) is 1.27. The first-order valence-electron chi connectivity index (χ1n) is 3.67. The highest BCUT2D eigenvalue weighted by Crippen LogP contribution is 2.20. The van der Waals surface area contributed by atoms with Crippen molar-refractivity contribution in [1.82, 2.24) is 4.98 Å². The zero-order chi connectivity index (χ0) is 9.30. The Morgan fingerprint density at radius 1 is 1.67 bits per heavy atom. The van der Waals surface area contributed by atoms with Crippen molar-refractivity contribution in [3.8, 4) is 0 Å². The van der Waals surface area contributed by atoms with Gasteiger partial charge < -0.3 is 10.7 Å². The highest BCUT2D eigenvalue weighted by atomic mass is 16.1. The number of carbonyl (C=O) groups excluding carboxylic acids is 1. The van der Waals surface area contributed by atoms with Crippen LogP contribution in [-0.4, -0.2) is 10.9 Å². The number of amides is 1. The second-order valence-electron chi connectivity index (χ2n) is 2.85. The Labute approximate surface area is 71.3 Å². The molecule has 0 aliphatic heterocycles. The van der Waals surface area contributed by atoms with E-state index in [4.69, 9.17) is 5.73 Å². The summed E-state index contributed by atoms with van der Waals surface area (Å²) in [7, 11) is 0. The molecule has 3 nitrogen and oxygen atoms in total. The molecule has 0 unspecified atom stereocenters. The summed E-state index contributed by atoms with van der Waals surface area (Å²) in [5, 5.41) is 0. The number of H-pyrrole nitrogens is 1. The molecule has 0 aliphatic rings. The molecular weight excluding hydrogens is 152 g/mol. The smallest absolute Gasteiger partial charge is 0.250 e. The second-order valence-corrected chi connectivity index (χ2v) is 2.85. The van der Waals surface area contributed by atoms with Gasteiger partial charge in [-0.25, -0.2) is 0 Å². The van der Waals surface area contributed by atoms with Crippen molar-refractivity contribution in [1.29, 1.82) is 0 Å². The van der Waals surface area contributed by atoms with Crippen LogP contribution < -0.4 is 5.73 Å². The Bertz CT molecular complexity index is 336. The van der Waals surface area contributed by atoms with Crippen LogP contribution in [0.25, 0.3) is 5.57 Å². The Morgan fingerprint density at radius 3 is 2.58 bits per heavy atom. The Kier molecular flexibility index (Phi) is 2.04. The molecule has 1 aromatic rings. The van der Waals surface area contributed by atoms with Crippen LogP contribution in [-0.2, 0) is 0 Å². The summed E-state index contributed by atoms with van der Waals surface area (Å²) in [5.74, 6) is -0.419. The van der Waals surface area contributed by atoms with Gasteiger partial charge in [0.25, 0.3) is 5.91 Å². The lowest BCUT2D eigenvalue weighted by atomic mass is 10.0. The fourth-order valence-corrected chi connectivity index (χ4v) is 1.27. The SMILES string of the molecule is C=C(C)c1c(C(N)=O)c[nH]c1C. The first kappa shape index (κ1) is 8.59. The summed E-state index contributed by atoms with van der Waals surface area (Å²) in [6.45, 7) is 7.51. The molecule has 0 saturated heterocycles. The van der Waals surface area contributed by atoms with E-state index in [0.29, 0.717) is 5.56 Å². The largest absolute Gasteiger partial charge is 0.366 e. The molecule has 0 aliphatic carbocycles. The van der Waals surface area contributed by atoms with Gasteiger partial charge in [0.1, 0.15) is 0 Å². The average Bonchev–Trinajstić information content (AvgIpc) is 2.30. The van der Waals surface area contributed by atoms with Gasteiger partial charge >= 0.3 is 0 Å². The number of primary amides is 1. The quantitative estimate of drug-likeness (QED) is 0.683. The van der Waals surface area contributed by atoms with E-state index in [1.165, 1.54) is 0 Å². The Morgan fingerprint density at radius 2 is 2.25 bits per heavy atom. The third-order valence-corrected chi connectivity index (χ3v) is 1.77. The van der Waals surface area contributed by atoms with Gasteiger partial charge in [-0.2, -0.15) is 0 Å². The van der Waals surface area contributed by atoms with Crippen LogP contribution in [0.4, 0.5) is 0 Å². The zero-order valence-corrected chi connectivity index (χ0v) is 7.27. The normalized spacial score (nSPS) is 9.83. The summed E-state index contributed by atoms with van der Waals surface area (Å²) in [6.07, 6.45) is 1.61. The predicted molar refractivity (Wildman–Crippen MR) is 48.8 cm³/mol. The molecule has 0 saturated carbocycles. The molecule has 1 amide bonds. The standard InChI is InChI=1S/C9H12N2O/c1-5(2)8-6(3)11-4-7(8)9(10)12/h4,11H,1H2,2-3H3,(H2,10,12). The number of aromatic amines is 1. The van der Waals surface area contributed by atoms with E-state index in [1.807, 2.05) is 13.8 Å². The van der Waals surface area contributed by atoms with Gasteiger partial charge in [0.05, 0.1) is 5.56 Å². The Hall–Kier alpha value is -1.51. The van der Waals surface area contributed by atoms with Crippen LogP contribution in [0, 0.1) is 6.92 Å². The summed E-state index contributed by atoms with van der Waals surface area (Å²) in [5.41, 5.74) is 8.29. The molecule has 0 bridgehead atoms. The minimum absolute atomic E-state index is 0.419. The lowest BCUT2D eigenvalue weighted by molar-refractivity contribution is 0.1000. The van der Waals surface area contributed by atoms with Crippen molar-refractivity contribution in [3.05, 3.63) is 29.6 Å². The fraction of sp³-hybridized carbons (Fsp3) is 0.222. The molecule has 3 N–H and O–H groups in total. The van der Waals surface area contributed by atoms with Crippen molar-refractivity contribution >= 4 is 11.5 Å². The lowest BCUT2D eigenvalue weighted by Crippen LogP contribution is -2.11. The molecule has 1 aromatic heterocycles. The van der Waals surface area contributed by atoms with Crippen LogP contribution >= 0.6 is 0 Å². The van der Waals surface area contributed by atoms with Gasteiger partial charge in [-0.3, -0.25) is 4.79 Å². The summed E-state index contributed by atoms with van der Waals surface area (Å²) < 4.78 is 0. The van der Waals surface area contributed by atoms with Gasteiger partial charge in [0, 0.05) is 17.5 Å². The average molecular weight is 164 g/mol. The highest BCUT2D eigenvalue weighted by Gasteiger charge is 2.12. The monoisotopic (exact) mass is 164 g/mol. The molecule has 0 aromatic carbocycles. The minimum atomic E-state index is -0.419. The number of nitrogens with two attached hydrogens (primary N) is 1. The van der Waals surface area contributed by atoms with Crippen LogP contribution in [0.5, 0.6) is 0 Å². The number of hydrogen-bond acceptors (Lipinski definition) is 1. The van der Waals surface area contributed by atoms with Gasteiger partial charge in [0.15, 0.2) is 0 Å². The molecule has 0 fully saturated rings. The molecule has 1 heterocycles. The maximum atomic E-state index is 10.9. The van der Waals surface area contributed by atoms with Gasteiger partial charge in [0.2, 0.25) is 0 Å². The minimum Gasteiger partial charge on any atom is -0.366 e. The van der Waals surface area contributed by atoms with Crippen LogP contribution in [0.1, 0.15) is 28.5 Å². The lowest BCUT2D eigenvalue weighted by Gasteiger charge is -2.00. The summed E-state index contributed by atoms with van der Waals surface area (Å²) >= 11 is 0. The number of aromatic nitrogens is 1. The summed E-state index contributed by atoms with van der Waals surface area (Å²) in [6, 6.07) is 0. The first-order chi connectivity index (χ1) is 5.54. The first-order valence-corrected chi connectivity index (χ1v) is 3.67. The van der Waals surface area contributed by atoms with Gasteiger partial charge in [-0.1, -0.05) is 6.58 Å². The zero-order valence-electron chi connectivity index (χ0n) is 7.27. The molecule has 64 valence electrons. The van der Waals surface area contributed by atoms with Gasteiger partial charge in [-0.15, -0.1) is 0 Å². The van der Waals surface area contributed by atoms with E-state index in [-0.39, 0.29) is 0 Å². The van der Waals surface area contributed by atoms with E-state index in [9.17, 15) is 4.79 Å². The van der Waals surface area contributed by atoms with Crippen molar-refractivity contribution in [2.45, 2.75) is 13.8 Å². The second kappa shape index (κ2) is 2.85. The van der Waals surface area contributed by atoms with E-state index in [0.717, 1.165) is 16.8 Å². The van der Waals surface area contributed by atoms with Crippen molar-refractivity contribution < 1.29 is 4.79 Å².